The number of aromatic nitrogens is 1. The van der Waals surface area contributed by atoms with E-state index in [-0.39, 0.29) is 5.56 Å². The molecule has 154 valence electrons. The van der Waals surface area contributed by atoms with Gasteiger partial charge in [0.1, 0.15) is 6.04 Å². The minimum absolute atomic E-state index is 0.233. The summed E-state index contributed by atoms with van der Waals surface area (Å²) < 4.78 is 14.1. The monoisotopic (exact) mass is 402 g/mol. The van der Waals surface area contributed by atoms with Gasteiger partial charge in [-0.15, -0.1) is 0 Å². The molecule has 0 spiro atoms. The summed E-state index contributed by atoms with van der Waals surface area (Å²) in [6.45, 7) is 1.45. The van der Waals surface area contributed by atoms with Crippen molar-refractivity contribution < 1.29 is 33.4 Å². The molecule has 0 aliphatic rings. The standard InChI is InChI=1S/C20H22N2O7/c1-11(14(18(24)27-2)19(25)28-3)15(20(26)29-4)22-17(23)13-9-5-7-12-8-6-10-21-16(12)13/h5-11,14-15H,1-4H3,(H,22,23)/t11-,15-/m1/s1. The second kappa shape index (κ2) is 9.63. The molecule has 2 aromatic rings. The van der Waals surface area contributed by atoms with Crippen molar-refractivity contribution in [1.82, 2.24) is 10.3 Å². The molecule has 2 rings (SSSR count). The first-order valence-corrected chi connectivity index (χ1v) is 8.73. The van der Waals surface area contributed by atoms with Crippen LogP contribution in [0.25, 0.3) is 10.9 Å². The molecule has 1 aromatic carbocycles. The molecule has 0 unspecified atom stereocenters. The molecule has 2 atom stereocenters. The van der Waals surface area contributed by atoms with Gasteiger partial charge in [0.05, 0.1) is 32.4 Å². The molecule has 0 saturated carbocycles. The molecule has 0 aliphatic heterocycles. The highest BCUT2D eigenvalue weighted by molar-refractivity contribution is 6.06. The maximum atomic E-state index is 12.9. The summed E-state index contributed by atoms with van der Waals surface area (Å²) in [7, 11) is 3.36. The Bertz CT molecular complexity index is 907. The maximum Gasteiger partial charge on any atom is 0.328 e. The number of ether oxygens (including phenoxy) is 3. The van der Waals surface area contributed by atoms with Gasteiger partial charge in [-0.25, -0.2) is 4.79 Å². The van der Waals surface area contributed by atoms with Crippen LogP contribution in [0.2, 0.25) is 0 Å². The molecule has 0 saturated heterocycles. The fourth-order valence-electron chi connectivity index (χ4n) is 3.01. The van der Waals surface area contributed by atoms with Crippen LogP contribution in [0.1, 0.15) is 17.3 Å². The van der Waals surface area contributed by atoms with Crippen molar-refractivity contribution in [2.45, 2.75) is 13.0 Å². The smallest absolute Gasteiger partial charge is 0.328 e. The van der Waals surface area contributed by atoms with Gasteiger partial charge in [0.2, 0.25) is 0 Å². The lowest BCUT2D eigenvalue weighted by Gasteiger charge is -2.27. The van der Waals surface area contributed by atoms with Crippen LogP contribution in [0.4, 0.5) is 0 Å². The van der Waals surface area contributed by atoms with E-state index in [1.807, 2.05) is 0 Å². The summed E-state index contributed by atoms with van der Waals surface area (Å²) in [5.41, 5.74) is 0.679. The Balaban J connectivity index is 2.39. The largest absolute Gasteiger partial charge is 0.468 e. The number of hydrogen-bond donors (Lipinski definition) is 1. The van der Waals surface area contributed by atoms with E-state index in [2.05, 4.69) is 19.8 Å². The number of fused-ring (bicyclic) bond motifs is 1. The number of nitrogens with one attached hydrogen (secondary N) is 1. The Kier molecular flexibility index (Phi) is 7.24. The van der Waals surface area contributed by atoms with Gasteiger partial charge in [-0.2, -0.15) is 0 Å². The lowest BCUT2D eigenvalue weighted by Crippen LogP contribution is -2.51. The van der Waals surface area contributed by atoms with E-state index in [0.29, 0.717) is 5.52 Å². The molecular formula is C20H22N2O7. The number of carbonyl (C=O) groups is 4. The molecule has 1 heterocycles. The molecule has 0 radical (unpaired) electrons. The van der Waals surface area contributed by atoms with Crippen molar-refractivity contribution in [1.29, 1.82) is 0 Å². The van der Waals surface area contributed by atoms with E-state index < -0.39 is 41.7 Å². The zero-order valence-electron chi connectivity index (χ0n) is 16.5. The van der Waals surface area contributed by atoms with Gasteiger partial charge in [-0.05, 0) is 12.1 Å². The van der Waals surface area contributed by atoms with Gasteiger partial charge < -0.3 is 19.5 Å². The minimum atomic E-state index is -1.43. The van der Waals surface area contributed by atoms with E-state index in [0.717, 1.165) is 26.7 Å². The molecule has 1 aromatic heterocycles. The second-order valence-electron chi connectivity index (χ2n) is 6.24. The number of amides is 1. The van der Waals surface area contributed by atoms with Crippen LogP contribution in [0.5, 0.6) is 0 Å². The third-order valence-electron chi connectivity index (χ3n) is 4.58. The van der Waals surface area contributed by atoms with Crippen LogP contribution in [0, 0.1) is 11.8 Å². The lowest BCUT2D eigenvalue weighted by atomic mass is 9.87. The predicted octanol–water partition coefficient (Wildman–Crippen LogP) is 1.10. The summed E-state index contributed by atoms with van der Waals surface area (Å²) in [6.07, 6.45) is 1.55. The van der Waals surface area contributed by atoms with Gasteiger partial charge in [0, 0.05) is 17.5 Å². The van der Waals surface area contributed by atoms with E-state index in [1.165, 1.54) is 6.92 Å². The number of para-hydroxylation sites is 1. The van der Waals surface area contributed by atoms with Crippen molar-refractivity contribution in [3.63, 3.8) is 0 Å². The zero-order chi connectivity index (χ0) is 21.6. The number of pyridine rings is 1. The molecule has 0 bridgehead atoms. The lowest BCUT2D eigenvalue weighted by molar-refractivity contribution is -0.162. The quantitative estimate of drug-likeness (QED) is 0.415. The van der Waals surface area contributed by atoms with Crippen molar-refractivity contribution in [2.75, 3.05) is 21.3 Å². The van der Waals surface area contributed by atoms with Crippen LogP contribution in [-0.2, 0) is 28.6 Å². The first-order valence-electron chi connectivity index (χ1n) is 8.73. The van der Waals surface area contributed by atoms with Gasteiger partial charge in [0.15, 0.2) is 5.92 Å². The van der Waals surface area contributed by atoms with E-state index in [9.17, 15) is 19.2 Å². The highest BCUT2D eigenvalue weighted by atomic mass is 16.5. The predicted molar refractivity (Wildman–Crippen MR) is 102 cm³/mol. The minimum Gasteiger partial charge on any atom is -0.468 e. The molecule has 9 nitrogen and oxygen atoms in total. The van der Waals surface area contributed by atoms with Crippen LogP contribution in [0.3, 0.4) is 0 Å². The topological polar surface area (TPSA) is 121 Å². The molecule has 1 amide bonds. The van der Waals surface area contributed by atoms with Crippen LogP contribution >= 0.6 is 0 Å². The Hall–Kier alpha value is -3.49. The fourth-order valence-corrected chi connectivity index (χ4v) is 3.01. The number of rotatable bonds is 7. The van der Waals surface area contributed by atoms with Gasteiger partial charge >= 0.3 is 17.9 Å². The van der Waals surface area contributed by atoms with E-state index >= 15 is 0 Å². The molecule has 29 heavy (non-hydrogen) atoms. The number of methoxy groups -OCH3 is 3. The van der Waals surface area contributed by atoms with Crippen molar-refractivity contribution in [3.8, 4) is 0 Å². The van der Waals surface area contributed by atoms with Crippen molar-refractivity contribution >= 4 is 34.7 Å². The third kappa shape index (κ3) is 4.68. The molecular weight excluding hydrogens is 380 g/mol. The highest BCUT2D eigenvalue weighted by Crippen LogP contribution is 2.22. The third-order valence-corrected chi connectivity index (χ3v) is 4.58. The average Bonchev–Trinajstić information content (AvgIpc) is 2.75. The highest BCUT2D eigenvalue weighted by Gasteiger charge is 2.42. The van der Waals surface area contributed by atoms with Crippen molar-refractivity contribution in [3.05, 3.63) is 42.1 Å². The summed E-state index contributed by atoms with van der Waals surface area (Å²) in [5.74, 6) is -5.64. The van der Waals surface area contributed by atoms with E-state index in [1.54, 1.807) is 36.5 Å². The average molecular weight is 402 g/mol. The van der Waals surface area contributed by atoms with Gasteiger partial charge in [-0.3, -0.25) is 19.4 Å². The Morgan fingerprint density at radius 3 is 2.07 bits per heavy atom. The van der Waals surface area contributed by atoms with Crippen LogP contribution in [0.15, 0.2) is 36.5 Å². The number of carbonyl (C=O) groups excluding carboxylic acids is 4. The second-order valence-corrected chi connectivity index (χ2v) is 6.24. The first-order chi connectivity index (χ1) is 13.8. The van der Waals surface area contributed by atoms with Gasteiger partial charge in [0.25, 0.3) is 5.91 Å². The Morgan fingerprint density at radius 1 is 0.897 bits per heavy atom. The summed E-state index contributed by atoms with van der Waals surface area (Å²) in [4.78, 5) is 53.7. The molecule has 1 N–H and O–H groups in total. The number of hydrogen-bond acceptors (Lipinski definition) is 8. The molecule has 9 heteroatoms. The number of benzene rings is 1. The maximum absolute atomic E-state index is 12.9. The summed E-state index contributed by atoms with van der Waals surface area (Å²) >= 11 is 0. The van der Waals surface area contributed by atoms with Crippen LogP contribution in [-0.4, -0.2) is 56.2 Å². The SMILES string of the molecule is COC(=O)C(C(=O)OC)[C@@H](C)[C@@H](NC(=O)c1cccc2cccnc12)C(=O)OC. The number of nitrogens with zero attached hydrogens (tertiary/aromatic N) is 1. The first kappa shape index (κ1) is 21.8. The summed E-state index contributed by atoms with van der Waals surface area (Å²) in [5, 5.41) is 3.29. The normalized spacial score (nSPS) is 12.7. The fraction of sp³-hybridized carbons (Fsp3) is 0.350. The van der Waals surface area contributed by atoms with Gasteiger partial charge in [-0.1, -0.05) is 25.1 Å². The van der Waals surface area contributed by atoms with E-state index in [4.69, 9.17) is 4.74 Å². The van der Waals surface area contributed by atoms with Crippen molar-refractivity contribution in [2.24, 2.45) is 11.8 Å². The van der Waals surface area contributed by atoms with Crippen LogP contribution < -0.4 is 5.32 Å². The molecule has 0 fully saturated rings. The number of esters is 3. The Morgan fingerprint density at radius 2 is 1.48 bits per heavy atom. The Labute approximate surface area is 167 Å². The summed E-state index contributed by atoms with van der Waals surface area (Å²) in [6, 6.07) is 7.26. The molecule has 0 aliphatic carbocycles. The zero-order valence-corrected chi connectivity index (χ0v) is 16.5.